The molecule has 10 heteroatoms. The molecule has 1 amide bonds. The Hall–Kier alpha value is -3.17. The zero-order valence-electron chi connectivity index (χ0n) is 24.3. The molecule has 2 unspecified atom stereocenters. The Labute approximate surface area is 261 Å². The fourth-order valence-corrected chi connectivity index (χ4v) is 6.41. The summed E-state index contributed by atoms with van der Waals surface area (Å²) in [6, 6.07) is 12.3. The first-order valence-electron chi connectivity index (χ1n) is 14.9. The van der Waals surface area contributed by atoms with Gasteiger partial charge < -0.3 is 23.9 Å². The van der Waals surface area contributed by atoms with E-state index in [0.29, 0.717) is 41.8 Å². The zero-order chi connectivity index (χ0) is 29.8. The van der Waals surface area contributed by atoms with Crippen molar-refractivity contribution in [2.45, 2.75) is 37.1 Å². The number of carbonyl (C=O) groups excluding carboxylic acids is 1. The van der Waals surface area contributed by atoms with Crippen LogP contribution in [0.4, 0.5) is 4.79 Å². The number of hydrogen-bond donors (Lipinski definition) is 1. The summed E-state index contributed by atoms with van der Waals surface area (Å²) in [6.07, 6.45) is 7.26. The number of aromatic nitrogens is 1. The Kier molecular flexibility index (Phi) is 9.48. The van der Waals surface area contributed by atoms with E-state index in [-0.39, 0.29) is 5.38 Å². The second-order valence-electron chi connectivity index (χ2n) is 11.1. The molecular weight excluding hydrogens is 589 g/mol. The van der Waals surface area contributed by atoms with E-state index in [4.69, 9.17) is 42.1 Å². The third kappa shape index (κ3) is 6.83. The van der Waals surface area contributed by atoms with Gasteiger partial charge in [-0.05, 0) is 79.8 Å². The van der Waals surface area contributed by atoms with Crippen LogP contribution in [0.1, 0.15) is 42.1 Å². The molecule has 0 saturated carbocycles. The summed E-state index contributed by atoms with van der Waals surface area (Å²) in [5, 5.41) is 2.70. The molecule has 0 spiro atoms. The van der Waals surface area contributed by atoms with Gasteiger partial charge in [0.25, 0.3) is 0 Å². The molecule has 1 N–H and O–H groups in total. The third-order valence-corrected chi connectivity index (χ3v) is 8.84. The van der Waals surface area contributed by atoms with E-state index in [1.807, 2.05) is 18.2 Å². The van der Waals surface area contributed by atoms with E-state index in [2.05, 4.69) is 22.0 Å². The molecule has 2 atom stereocenters. The van der Waals surface area contributed by atoms with Crippen LogP contribution in [0.15, 0.2) is 42.5 Å². The number of alkyl halides is 1. The monoisotopic (exact) mass is 625 g/mol. The predicted octanol–water partition coefficient (Wildman–Crippen LogP) is 4.89. The van der Waals surface area contributed by atoms with Gasteiger partial charge in [-0.2, -0.15) is 0 Å². The summed E-state index contributed by atoms with van der Waals surface area (Å²) in [7, 11) is 1.64. The summed E-state index contributed by atoms with van der Waals surface area (Å²) in [5.41, 5.74) is 3.03. The Bertz CT molecular complexity index is 1550. The van der Waals surface area contributed by atoms with Crippen LogP contribution in [0.2, 0.25) is 5.02 Å². The summed E-state index contributed by atoms with van der Waals surface area (Å²) in [4.78, 5) is 21.4. The summed E-state index contributed by atoms with van der Waals surface area (Å²) < 4.78 is 23.2. The van der Waals surface area contributed by atoms with Crippen molar-refractivity contribution in [2.24, 2.45) is 0 Å². The first-order valence-corrected chi connectivity index (χ1v) is 15.7. The highest BCUT2D eigenvalue weighted by molar-refractivity contribution is 6.30. The van der Waals surface area contributed by atoms with Gasteiger partial charge in [-0.1, -0.05) is 29.8 Å². The standard InChI is InChI=1S/C33H37Cl2N3O5/c1-40-30-20-22(4-11-29(30)42-17-3-2-13-37-15-18-41-19-16-37)32-31-26(27-21-24(35)7-10-28(27)36-31)12-14-38(32)33(39)43-25-8-5-23(34)6-9-25/h4-6,8-11,20-21,24,32,36H,2-3,7,12-19H2,1H3. The Balaban J connectivity index is 1.24. The van der Waals surface area contributed by atoms with Crippen LogP contribution in [-0.4, -0.2) is 79.4 Å². The maximum absolute atomic E-state index is 13.6. The smallest absolute Gasteiger partial charge is 0.416 e. The summed E-state index contributed by atoms with van der Waals surface area (Å²) in [5.74, 6) is 1.74. The van der Waals surface area contributed by atoms with Crippen molar-refractivity contribution in [1.82, 2.24) is 14.8 Å². The van der Waals surface area contributed by atoms with Crippen molar-refractivity contribution in [3.05, 3.63) is 74.9 Å². The highest BCUT2D eigenvalue weighted by Crippen LogP contribution is 2.38. The number of nitrogens with one attached hydrogen (secondary N) is 1. The van der Waals surface area contributed by atoms with Gasteiger partial charge in [0.15, 0.2) is 11.5 Å². The van der Waals surface area contributed by atoms with Gasteiger partial charge in [0.05, 0.1) is 32.3 Å². The molecule has 6 rings (SSSR count). The number of halogens is 2. The van der Waals surface area contributed by atoms with Crippen LogP contribution >= 0.6 is 23.2 Å². The van der Waals surface area contributed by atoms with Crippen LogP contribution in [0, 0.1) is 0 Å². The fraction of sp³-hybridized carbons (Fsp3) is 0.424. The lowest BCUT2D eigenvalue weighted by atomic mass is 9.92. The normalized spacial score (nSPS) is 19.9. The van der Waals surface area contributed by atoms with Crippen molar-refractivity contribution in [3.63, 3.8) is 0 Å². The number of fused-ring (bicyclic) bond motifs is 3. The molecule has 3 aromatic rings. The Morgan fingerprint density at radius 3 is 2.67 bits per heavy atom. The van der Waals surface area contributed by atoms with E-state index in [0.717, 1.165) is 73.9 Å². The number of amides is 1. The molecule has 3 heterocycles. The highest BCUT2D eigenvalue weighted by Gasteiger charge is 2.36. The lowest BCUT2D eigenvalue weighted by Crippen LogP contribution is -2.43. The number of methoxy groups -OCH3 is 1. The number of benzene rings is 2. The quantitative estimate of drug-likeness (QED) is 0.270. The number of nitrogens with zero attached hydrogens (tertiary/aromatic N) is 2. The molecule has 228 valence electrons. The molecule has 1 aromatic heterocycles. The molecule has 2 aromatic carbocycles. The first-order chi connectivity index (χ1) is 21.0. The highest BCUT2D eigenvalue weighted by atomic mass is 35.5. The minimum Gasteiger partial charge on any atom is -0.493 e. The van der Waals surface area contributed by atoms with Crippen molar-refractivity contribution in [2.75, 3.05) is 53.1 Å². The Morgan fingerprint density at radius 2 is 1.88 bits per heavy atom. The Morgan fingerprint density at radius 1 is 1.07 bits per heavy atom. The number of carbonyl (C=O) groups is 1. The second-order valence-corrected chi connectivity index (χ2v) is 12.1. The van der Waals surface area contributed by atoms with Crippen molar-refractivity contribution >= 4 is 41.4 Å². The maximum atomic E-state index is 13.6. The minimum atomic E-state index is -0.437. The van der Waals surface area contributed by atoms with Crippen molar-refractivity contribution < 1.29 is 23.7 Å². The molecule has 8 nitrogen and oxygen atoms in total. The number of morpholine rings is 1. The number of unbranched alkanes of at least 4 members (excludes halogenated alkanes) is 1. The van der Waals surface area contributed by atoms with Gasteiger partial charge in [-0.15, -0.1) is 11.6 Å². The summed E-state index contributed by atoms with van der Waals surface area (Å²) >= 11 is 12.5. The fourth-order valence-electron chi connectivity index (χ4n) is 6.07. The van der Waals surface area contributed by atoms with Gasteiger partial charge in [0.2, 0.25) is 0 Å². The molecule has 1 aliphatic carbocycles. The minimum absolute atomic E-state index is 0.0517. The van der Waals surface area contributed by atoms with Crippen LogP contribution in [0.25, 0.3) is 12.2 Å². The number of hydrogen-bond acceptors (Lipinski definition) is 6. The predicted molar refractivity (Wildman–Crippen MR) is 168 cm³/mol. The number of ether oxygens (including phenoxy) is 4. The van der Waals surface area contributed by atoms with E-state index < -0.39 is 12.1 Å². The third-order valence-electron chi connectivity index (χ3n) is 8.28. The number of rotatable bonds is 9. The van der Waals surface area contributed by atoms with Gasteiger partial charge in [-0.3, -0.25) is 9.80 Å². The molecule has 2 aliphatic heterocycles. The van der Waals surface area contributed by atoms with Crippen LogP contribution in [-0.2, 0) is 11.2 Å². The van der Waals surface area contributed by atoms with Crippen LogP contribution in [0.5, 0.6) is 17.2 Å². The van der Waals surface area contributed by atoms with Crippen LogP contribution in [0.3, 0.4) is 0 Å². The van der Waals surface area contributed by atoms with Crippen molar-refractivity contribution in [3.8, 4) is 17.2 Å². The van der Waals surface area contributed by atoms with E-state index in [9.17, 15) is 4.79 Å². The second kappa shape index (κ2) is 13.6. The molecule has 3 aliphatic rings. The van der Waals surface area contributed by atoms with Gasteiger partial charge in [0.1, 0.15) is 11.8 Å². The lowest BCUT2D eigenvalue weighted by molar-refractivity contribution is 0.0368. The molecule has 0 radical (unpaired) electrons. The average molecular weight is 627 g/mol. The lowest BCUT2D eigenvalue weighted by Gasteiger charge is -2.35. The molecule has 1 fully saturated rings. The molecular formula is C33H37Cl2N3O5. The molecule has 43 heavy (non-hydrogen) atoms. The van der Waals surface area contributed by atoms with Gasteiger partial charge in [-0.25, -0.2) is 4.79 Å². The topological polar surface area (TPSA) is 76.3 Å². The maximum Gasteiger partial charge on any atom is 0.416 e. The SMILES string of the molecule is COc1cc(C2c3[nH]c4c(c3CCN2C(=O)Oc2ccc(Cl)cc2)=CC(Cl)CC=4)ccc1OCCCCN1CCOCC1. The number of H-pyrrole nitrogens is 1. The molecule has 1 saturated heterocycles. The zero-order valence-corrected chi connectivity index (χ0v) is 25.8. The summed E-state index contributed by atoms with van der Waals surface area (Å²) in [6.45, 7) is 5.75. The van der Waals surface area contributed by atoms with E-state index in [1.165, 1.54) is 5.56 Å². The van der Waals surface area contributed by atoms with Crippen LogP contribution < -0.4 is 24.8 Å². The van der Waals surface area contributed by atoms with Gasteiger partial charge >= 0.3 is 6.09 Å². The molecule has 0 bridgehead atoms. The van der Waals surface area contributed by atoms with E-state index >= 15 is 0 Å². The van der Waals surface area contributed by atoms with Crippen molar-refractivity contribution in [1.29, 1.82) is 0 Å². The number of aromatic amines is 1. The largest absolute Gasteiger partial charge is 0.493 e. The van der Waals surface area contributed by atoms with E-state index in [1.54, 1.807) is 36.3 Å². The first kappa shape index (κ1) is 29.9. The van der Waals surface area contributed by atoms with Gasteiger partial charge in [0, 0.05) is 40.9 Å². The average Bonchev–Trinajstić information content (AvgIpc) is 3.40.